The van der Waals surface area contributed by atoms with E-state index in [1.807, 2.05) is 31.2 Å². The molecular weight excluding hydrogens is 378 g/mol. The third-order valence-electron chi connectivity index (χ3n) is 3.60. The molecule has 0 aliphatic rings. The minimum absolute atomic E-state index is 0.143. The molecule has 0 aliphatic heterocycles. The van der Waals surface area contributed by atoms with Gasteiger partial charge in [0, 0.05) is 16.3 Å². The van der Waals surface area contributed by atoms with Gasteiger partial charge < -0.3 is 5.32 Å². The SMILES string of the molecule is Cc1ccc(S(C)(=O)=O)cc1C(=O)NC(C)c1ccc(Br)cc1. The third-order valence-corrected chi connectivity index (χ3v) is 5.24. The Balaban J connectivity index is 2.25. The number of carbonyl (C=O) groups is 1. The molecule has 2 aromatic rings. The van der Waals surface area contributed by atoms with Gasteiger partial charge in [0.15, 0.2) is 9.84 Å². The highest BCUT2D eigenvalue weighted by Crippen LogP contribution is 2.19. The van der Waals surface area contributed by atoms with Gasteiger partial charge in [-0.15, -0.1) is 0 Å². The molecular formula is C17H18BrNO3S. The van der Waals surface area contributed by atoms with Crippen LogP contribution in [0.15, 0.2) is 51.8 Å². The van der Waals surface area contributed by atoms with E-state index in [2.05, 4.69) is 21.2 Å². The predicted molar refractivity (Wildman–Crippen MR) is 94.3 cm³/mol. The highest BCUT2D eigenvalue weighted by atomic mass is 79.9. The van der Waals surface area contributed by atoms with E-state index >= 15 is 0 Å². The maximum absolute atomic E-state index is 12.5. The zero-order valence-electron chi connectivity index (χ0n) is 13.1. The van der Waals surface area contributed by atoms with E-state index in [1.54, 1.807) is 13.0 Å². The van der Waals surface area contributed by atoms with Crippen LogP contribution >= 0.6 is 15.9 Å². The van der Waals surface area contributed by atoms with Gasteiger partial charge in [-0.3, -0.25) is 4.79 Å². The van der Waals surface area contributed by atoms with E-state index in [0.29, 0.717) is 5.56 Å². The molecule has 122 valence electrons. The van der Waals surface area contributed by atoms with Crippen molar-refractivity contribution in [2.45, 2.75) is 24.8 Å². The number of hydrogen-bond donors (Lipinski definition) is 1. The Kier molecular flexibility index (Phi) is 5.26. The second-order valence-electron chi connectivity index (χ2n) is 5.50. The number of carbonyl (C=O) groups excluding carboxylic acids is 1. The van der Waals surface area contributed by atoms with Crippen LogP contribution in [-0.2, 0) is 9.84 Å². The Hall–Kier alpha value is -1.66. The predicted octanol–water partition coefficient (Wildman–Crippen LogP) is 3.65. The van der Waals surface area contributed by atoms with Crippen LogP contribution in [-0.4, -0.2) is 20.6 Å². The highest BCUT2D eigenvalue weighted by molar-refractivity contribution is 9.10. The minimum Gasteiger partial charge on any atom is -0.346 e. The minimum atomic E-state index is -3.35. The molecule has 0 fully saturated rings. The van der Waals surface area contributed by atoms with Crippen LogP contribution < -0.4 is 5.32 Å². The number of hydrogen-bond acceptors (Lipinski definition) is 3. The quantitative estimate of drug-likeness (QED) is 0.858. The first-order valence-electron chi connectivity index (χ1n) is 7.05. The molecule has 0 bridgehead atoms. The Morgan fingerprint density at radius 2 is 1.74 bits per heavy atom. The lowest BCUT2D eigenvalue weighted by Crippen LogP contribution is -2.27. The molecule has 23 heavy (non-hydrogen) atoms. The van der Waals surface area contributed by atoms with Gasteiger partial charge in [0.05, 0.1) is 10.9 Å². The van der Waals surface area contributed by atoms with E-state index < -0.39 is 9.84 Å². The summed E-state index contributed by atoms with van der Waals surface area (Å²) in [6.45, 7) is 3.67. The zero-order chi connectivity index (χ0) is 17.2. The van der Waals surface area contributed by atoms with Gasteiger partial charge in [0.2, 0.25) is 0 Å². The fourth-order valence-corrected chi connectivity index (χ4v) is 3.10. The van der Waals surface area contributed by atoms with Crippen molar-refractivity contribution >= 4 is 31.7 Å². The average Bonchev–Trinajstić information content (AvgIpc) is 2.46. The molecule has 0 spiro atoms. The molecule has 2 aromatic carbocycles. The number of benzene rings is 2. The molecule has 2 rings (SSSR count). The van der Waals surface area contributed by atoms with Gasteiger partial charge in [-0.25, -0.2) is 8.42 Å². The standard InChI is InChI=1S/C17H18BrNO3S/c1-11-4-9-15(23(3,21)22)10-16(11)17(20)19-12(2)13-5-7-14(18)8-6-13/h4-10,12H,1-3H3,(H,19,20). The van der Waals surface area contributed by atoms with Crippen LogP contribution in [0.1, 0.15) is 34.5 Å². The third kappa shape index (κ3) is 4.42. The van der Waals surface area contributed by atoms with Crippen molar-refractivity contribution in [3.8, 4) is 0 Å². The zero-order valence-corrected chi connectivity index (χ0v) is 15.5. The van der Waals surface area contributed by atoms with Gasteiger partial charge in [0.1, 0.15) is 0 Å². The molecule has 0 aromatic heterocycles. The molecule has 1 unspecified atom stereocenters. The van der Waals surface area contributed by atoms with Crippen molar-refractivity contribution in [1.82, 2.24) is 5.32 Å². The Morgan fingerprint density at radius 3 is 2.30 bits per heavy atom. The number of rotatable bonds is 4. The van der Waals surface area contributed by atoms with E-state index in [1.165, 1.54) is 12.1 Å². The second kappa shape index (κ2) is 6.84. The molecule has 6 heteroatoms. The topological polar surface area (TPSA) is 63.2 Å². The lowest BCUT2D eigenvalue weighted by molar-refractivity contribution is 0.0939. The first-order valence-corrected chi connectivity index (χ1v) is 9.74. The highest BCUT2D eigenvalue weighted by Gasteiger charge is 2.16. The molecule has 1 N–H and O–H groups in total. The van der Waals surface area contributed by atoms with Gasteiger partial charge in [-0.1, -0.05) is 34.1 Å². The van der Waals surface area contributed by atoms with E-state index in [0.717, 1.165) is 21.9 Å². The number of sulfone groups is 1. The maximum Gasteiger partial charge on any atom is 0.252 e. The molecule has 0 saturated heterocycles. The fraction of sp³-hybridized carbons (Fsp3) is 0.235. The van der Waals surface area contributed by atoms with Crippen molar-refractivity contribution in [3.63, 3.8) is 0 Å². The summed E-state index contributed by atoms with van der Waals surface area (Å²) in [7, 11) is -3.35. The van der Waals surface area contributed by atoms with Crippen LogP contribution in [0.5, 0.6) is 0 Å². The van der Waals surface area contributed by atoms with Crippen molar-refractivity contribution in [1.29, 1.82) is 0 Å². The van der Waals surface area contributed by atoms with E-state index in [9.17, 15) is 13.2 Å². The average molecular weight is 396 g/mol. The van der Waals surface area contributed by atoms with Gasteiger partial charge in [0.25, 0.3) is 5.91 Å². The van der Waals surface area contributed by atoms with Crippen LogP contribution in [0.25, 0.3) is 0 Å². The summed E-state index contributed by atoms with van der Waals surface area (Å²) >= 11 is 3.37. The number of amides is 1. The molecule has 0 radical (unpaired) electrons. The Labute approximate surface area is 145 Å². The van der Waals surface area contributed by atoms with Gasteiger partial charge >= 0.3 is 0 Å². The number of halogens is 1. The number of aryl methyl sites for hydroxylation is 1. The van der Waals surface area contributed by atoms with Crippen LogP contribution in [0.3, 0.4) is 0 Å². The van der Waals surface area contributed by atoms with E-state index in [-0.39, 0.29) is 16.8 Å². The summed E-state index contributed by atoms with van der Waals surface area (Å²) in [6, 6.07) is 12.1. The second-order valence-corrected chi connectivity index (χ2v) is 8.43. The number of nitrogens with one attached hydrogen (secondary N) is 1. The van der Waals surface area contributed by atoms with E-state index in [4.69, 9.17) is 0 Å². The largest absolute Gasteiger partial charge is 0.346 e. The van der Waals surface area contributed by atoms with Gasteiger partial charge in [-0.05, 0) is 49.2 Å². The summed E-state index contributed by atoms with van der Waals surface area (Å²) in [5, 5.41) is 2.90. The van der Waals surface area contributed by atoms with Crippen molar-refractivity contribution in [3.05, 3.63) is 63.6 Å². The monoisotopic (exact) mass is 395 g/mol. The molecule has 1 atom stereocenters. The summed E-state index contributed by atoms with van der Waals surface area (Å²) in [5.41, 5.74) is 2.08. The lowest BCUT2D eigenvalue weighted by Gasteiger charge is -2.16. The van der Waals surface area contributed by atoms with Crippen molar-refractivity contribution in [2.24, 2.45) is 0 Å². The molecule has 0 aliphatic carbocycles. The summed E-state index contributed by atoms with van der Waals surface area (Å²) in [6.07, 6.45) is 1.13. The van der Waals surface area contributed by atoms with Crippen LogP contribution in [0.4, 0.5) is 0 Å². The Morgan fingerprint density at radius 1 is 1.13 bits per heavy atom. The lowest BCUT2D eigenvalue weighted by atomic mass is 10.1. The van der Waals surface area contributed by atoms with Crippen molar-refractivity contribution in [2.75, 3.05) is 6.26 Å². The van der Waals surface area contributed by atoms with Crippen molar-refractivity contribution < 1.29 is 13.2 Å². The first kappa shape index (κ1) is 17.7. The smallest absolute Gasteiger partial charge is 0.252 e. The normalized spacial score (nSPS) is 12.7. The molecule has 1 amide bonds. The van der Waals surface area contributed by atoms with Crippen LogP contribution in [0.2, 0.25) is 0 Å². The molecule has 4 nitrogen and oxygen atoms in total. The van der Waals surface area contributed by atoms with Crippen LogP contribution in [0, 0.1) is 6.92 Å². The maximum atomic E-state index is 12.5. The summed E-state index contributed by atoms with van der Waals surface area (Å²) in [4.78, 5) is 12.6. The Bertz CT molecular complexity index is 829. The molecule has 0 heterocycles. The van der Waals surface area contributed by atoms with Gasteiger partial charge in [-0.2, -0.15) is 0 Å². The first-order chi connectivity index (χ1) is 10.7. The molecule has 0 saturated carbocycles. The summed E-state index contributed by atoms with van der Waals surface area (Å²) in [5.74, 6) is -0.289. The fourth-order valence-electron chi connectivity index (χ4n) is 2.19. The summed E-state index contributed by atoms with van der Waals surface area (Å²) < 4.78 is 24.3.